The van der Waals surface area contributed by atoms with Crippen molar-refractivity contribution in [2.24, 2.45) is 0 Å². The van der Waals surface area contributed by atoms with E-state index in [1.165, 1.54) is 17.7 Å². The van der Waals surface area contributed by atoms with Crippen LogP contribution >= 0.6 is 11.8 Å². The van der Waals surface area contributed by atoms with Crippen LogP contribution < -0.4 is 17.0 Å². The van der Waals surface area contributed by atoms with E-state index in [0.29, 0.717) is 5.75 Å². The second-order valence-corrected chi connectivity index (χ2v) is 5.57. The summed E-state index contributed by atoms with van der Waals surface area (Å²) in [4.78, 5) is 11.4. The third-order valence-corrected chi connectivity index (χ3v) is 4.26. The van der Waals surface area contributed by atoms with Crippen molar-refractivity contribution in [2.45, 2.75) is 6.42 Å². The highest BCUT2D eigenvalue weighted by Gasteiger charge is 2.20. The predicted octanol–water partition coefficient (Wildman–Crippen LogP) is -1.42. The van der Waals surface area contributed by atoms with Crippen LogP contribution in [0.15, 0.2) is 30.3 Å². The Balaban J connectivity index is 0.00000220. The lowest BCUT2D eigenvalue weighted by Crippen LogP contribution is -3.00. The molecule has 2 rings (SSSR count). The van der Waals surface area contributed by atoms with Crippen molar-refractivity contribution in [3.63, 3.8) is 0 Å². The fourth-order valence-corrected chi connectivity index (χ4v) is 3.07. The number of halogens is 1. The van der Waals surface area contributed by atoms with Gasteiger partial charge in [-0.1, -0.05) is 42.1 Å². The Labute approximate surface area is 140 Å². The van der Waals surface area contributed by atoms with Crippen LogP contribution in [0.2, 0.25) is 0 Å². The van der Waals surface area contributed by atoms with Gasteiger partial charge in [-0.15, -0.1) is 0 Å². The number of ether oxygens (including phenoxy) is 2. The Morgan fingerprint density at radius 3 is 2.57 bits per heavy atom. The number of hydrogen-bond acceptors (Lipinski definition) is 4. The summed E-state index contributed by atoms with van der Waals surface area (Å²) in [7, 11) is 1.43. The highest BCUT2D eigenvalue weighted by Crippen LogP contribution is 2.12. The van der Waals surface area contributed by atoms with Crippen LogP contribution in [0.25, 0.3) is 0 Å². The first kappa shape index (κ1) is 18.2. The van der Waals surface area contributed by atoms with Gasteiger partial charge in [-0.25, -0.2) is 4.58 Å². The van der Waals surface area contributed by atoms with Gasteiger partial charge >= 0.3 is 5.97 Å². The molecule has 1 aliphatic rings. The number of esters is 1. The number of carbonyl (C=O) groups is 1. The third-order valence-electron chi connectivity index (χ3n) is 3.15. The molecule has 0 bridgehead atoms. The Kier molecular flexibility index (Phi) is 8.64. The first-order valence-corrected chi connectivity index (χ1v) is 7.70. The molecule has 0 saturated carbocycles. The molecule has 1 fully saturated rings. The number of morpholine rings is 1. The molecule has 116 valence electrons. The Bertz CT molecular complexity index is 471. The molecule has 0 atom stereocenters. The Morgan fingerprint density at radius 2 is 1.95 bits per heavy atom. The van der Waals surface area contributed by atoms with E-state index in [1.807, 2.05) is 18.2 Å². The number of methoxy groups -OCH3 is 1. The fourth-order valence-electron chi connectivity index (χ4n) is 2.04. The van der Waals surface area contributed by atoms with Crippen LogP contribution in [0.1, 0.15) is 5.56 Å². The van der Waals surface area contributed by atoms with Crippen molar-refractivity contribution in [3.05, 3.63) is 35.9 Å². The maximum absolute atomic E-state index is 11.4. The fraction of sp³-hybridized carbons (Fsp3) is 0.467. The largest absolute Gasteiger partial charge is 1.00 e. The second kappa shape index (κ2) is 9.97. The van der Waals surface area contributed by atoms with Crippen molar-refractivity contribution in [1.82, 2.24) is 0 Å². The summed E-state index contributed by atoms with van der Waals surface area (Å²) in [6.45, 7) is 3.26. The van der Waals surface area contributed by atoms with Crippen LogP contribution in [0.4, 0.5) is 0 Å². The lowest BCUT2D eigenvalue weighted by Gasteiger charge is -2.14. The first-order valence-electron chi connectivity index (χ1n) is 6.71. The molecule has 1 aliphatic heterocycles. The van der Waals surface area contributed by atoms with Gasteiger partial charge in [0.05, 0.1) is 13.5 Å². The number of rotatable bonds is 4. The van der Waals surface area contributed by atoms with Crippen LogP contribution in [-0.2, 0) is 20.7 Å². The quantitative estimate of drug-likeness (QED) is 0.369. The highest BCUT2D eigenvalue weighted by molar-refractivity contribution is 8.14. The van der Waals surface area contributed by atoms with E-state index < -0.39 is 0 Å². The average Bonchev–Trinajstić information content (AvgIpc) is 2.53. The lowest BCUT2D eigenvalue weighted by molar-refractivity contribution is -0.547. The van der Waals surface area contributed by atoms with Crippen molar-refractivity contribution in [3.8, 4) is 0 Å². The van der Waals surface area contributed by atoms with E-state index in [1.54, 1.807) is 11.8 Å². The average molecular weight is 374 g/mol. The summed E-state index contributed by atoms with van der Waals surface area (Å²) in [5.41, 5.74) is 1.26. The minimum absolute atomic E-state index is 0. The SMILES string of the molecule is COC(=O)CSC(Cc1ccccc1)=[N+]1CCOCC1.[Br-]. The summed E-state index contributed by atoms with van der Waals surface area (Å²) in [5, 5.41) is 1.21. The number of carbonyl (C=O) groups excluding carboxylic acids is 1. The summed E-state index contributed by atoms with van der Waals surface area (Å²) in [5.74, 6) is 0.171. The number of hydrogen-bond donors (Lipinski definition) is 0. The Morgan fingerprint density at radius 1 is 1.29 bits per heavy atom. The zero-order valence-electron chi connectivity index (χ0n) is 12.1. The molecule has 0 aromatic heterocycles. The van der Waals surface area contributed by atoms with Gasteiger partial charge in [0.1, 0.15) is 19.0 Å². The zero-order chi connectivity index (χ0) is 14.2. The van der Waals surface area contributed by atoms with Crippen molar-refractivity contribution in [2.75, 3.05) is 39.2 Å². The van der Waals surface area contributed by atoms with Gasteiger partial charge in [0.15, 0.2) is 13.1 Å². The van der Waals surface area contributed by atoms with Gasteiger partial charge in [0.25, 0.3) is 0 Å². The van der Waals surface area contributed by atoms with E-state index in [9.17, 15) is 4.79 Å². The smallest absolute Gasteiger partial charge is 0.316 e. The molecule has 1 aromatic rings. The molecule has 1 saturated heterocycles. The normalized spacial score (nSPS) is 14.2. The molecule has 0 aliphatic carbocycles. The third kappa shape index (κ3) is 6.20. The van der Waals surface area contributed by atoms with E-state index in [-0.39, 0.29) is 23.0 Å². The molecule has 1 aromatic carbocycles. The van der Waals surface area contributed by atoms with E-state index in [4.69, 9.17) is 9.47 Å². The van der Waals surface area contributed by atoms with Crippen molar-refractivity contribution in [1.29, 1.82) is 0 Å². The molecular formula is C15H20BrNO3S. The van der Waals surface area contributed by atoms with Gasteiger partial charge in [-0.05, 0) is 5.56 Å². The first-order chi connectivity index (χ1) is 9.79. The minimum Gasteiger partial charge on any atom is -1.00 e. The number of thioether (sulfide) groups is 1. The maximum Gasteiger partial charge on any atom is 0.316 e. The minimum atomic E-state index is -0.186. The van der Waals surface area contributed by atoms with E-state index >= 15 is 0 Å². The molecule has 4 nitrogen and oxygen atoms in total. The van der Waals surface area contributed by atoms with Gasteiger partial charge in [0, 0.05) is 0 Å². The topological polar surface area (TPSA) is 38.5 Å². The Hall–Kier alpha value is -0.850. The van der Waals surface area contributed by atoms with Crippen molar-refractivity contribution >= 4 is 22.8 Å². The molecule has 21 heavy (non-hydrogen) atoms. The summed E-state index contributed by atoms with van der Waals surface area (Å²) in [6.07, 6.45) is 0.850. The number of nitrogens with zero attached hydrogens (tertiary/aromatic N) is 1. The molecule has 0 amide bonds. The summed E-state index contributed by atoms with van der Waals surface area (Å²) >= 11 is 1.57. The second-order valence-electron chi connectivity index (χ2n) is 4.52. The lowest BCUT2D eigenvalue weighted by atomic mass is 10.2. The highest BCUT2D eigenvalue weighted by atomic mass is 79.9. The summed E-state index contributed by atoms with van der Waals surface area (Å²) < 4.78 is 12.4. The monoisotopic (exact) mass is 373 g/mol. The molecule has 1 heterocycles. The van der Waals surface area contributed by atoms with Crippen LogP contribution in [0.3, 0.4) is 0 Å². The molecule has 0 radical (unpaired) electrons. The van der Waals surface area contributed by atoms with Crippen LogP contribution in [0, 0.1) is 0 Å². The van der Waals surface area contributed by atoms with Crippen molar-refractivity contribution < 1.29 is 35.8 Å². The van der Waals surface area contributed by atoms with E-state index in [0.717, 1.165) is 32.7 Å². The predicted molar refractivity (Wildman–Crippen MR) is 80.4 cm³/mol. The number of benzene rings is 1. The van der Waals surface area contributed by atoms with Gasteiger partial charge in [0.2, 0.25) is 5.04 Å². The molecule has 0 unspecified atom stereocenters. The van der Waals surface area contributed by atoms with Gasteiger partial charge < -0.3 is 26.5 Å². The molecule has 0 spiro atoms. The molecule has 0 N–H and O–H groups in total. The van der Waals surface area contributed by atoms with E-state index in [2.05, 4.69) is 16.7 Å². The standard InChI is InChI=1S/C15H20NO3S.BrH/c1-18-15(17)12-20-14(16-7-9-19-10-8-16)11-13-5-3-2-4-6-13;/h2-6H,7-12H2,1H3;1H/q+1;/p-1. The van der Waals surface area contributed by atoms with Gasteiger partial charge in [-0.2, -0.15) is 0 Å². The molecular weight excluding hydrogens is 354 g/mol. The zero-order valence-corrected chi connectivity index (χ0v) is 14.5. The summed E-state index contributed by atoms with van der Waals surface area (Å²) in [6, 6.07) is 10.3. The van der Waals surface area contributed by atoms with Gasteiger partial charge in [-0.3, -0.25) is 4.79 Å². The molecule has 6 heteroatoms. The van der Waals surface area contributed by atoms with Crippen LogP contribution in [0.5, 0.6) is 0 Å². The van der Waals surface area contributed by atoms with Crippen LogP contribution in [-0.4, -0.2) is 54.8 Å². The maximum atomic E-state index is 11.4.